The van der Waals surface area contributed by atoms with Gasteiger partial charge in [-0.3, -0.25) is 14.5 Å². The van der Waals surface area contributed by atoms with Crippen LogP contribution in [-0.2, 0) is 33.3 Å². The molecule has 300 valence electrons. The zero-order valence-corrected chi connectivity index (χ0v) is 33.7. The number of likely N-dealkylation sites (tertiary alicyclic amines) is 1. The van der Waals surface area contributed by atoms with Crippen LogP contribution in [0, 0.1) is 5.92 Å². The molecule has 1 N–H and O–H groups in total. The van der Waals surface area contributed by atoms with Crippen molar-refractivity contribution >= 4 is 17.9 Å². The molecule has 1 saturated heterocycles. The third-order valence-electron chi connectivity index (χ3n) is 10.5. The number of hydrogen-bond acceptors (Lipinski definition) is 8. The first kappa shape index (κ1) is 47.3. The standard InChI is InChI=1S/C42H79NO8/c1-6-10-13-16-19-20-21-22-25-28-37(44)50-35-36(9-4)40-42(41(46)47,31-32-43(40)5)51-38(45)29-30-39(48-33-26-23-17-14-11-7-2)49-34-27-24-18-15-12-8-3/h36,39-40H,6-35H2,1-5H3,(H,46,47). The molecule has 0 aromatic heterocycles. The van der Waals surface area contributed by atoms with E-state index in [4.69, 9.17) is 18.9 Å². The Morgan fingerprint density at radius 2 is 1.14 bits per heavy atom. The summed E-state index contributed by atoms with van der Waals surface area (Å²) in [7, 11) is 1.86. The van der Waals surface area contributed by atoms with Crippen LogP contribution in [0.4, 0.5) is 0 Å². The zero-order chi connectivity index (χ0) is 37.6. The highest BCUT2D eigenvalue weighted by atomic mass is 16.7. The average Bonchev–Trinajstić information content (AvgIpc) is 3.45. The predicted octanol–water partition coefficient (Wildman–Crippen LogP) is 10.4. The molecule has 0 spiro atoms. The summed E-state index contributed by atoms with van der Waals surface area (Å²) < 4.78 is 23.8. The Morgan fingerprint density at radius 3 is 1.61 bits per heavy atom. The topological polar surface area (TPSA) is 112 Å². The molecule has 0 saturated carbocycles. The molecule has 3 unspecified atom stereocenters. The summed E-state index contributed by atoms with van der Waals surface area (Å²) >= 11 is 0. The van der Waals surface area contributed by atoms with E-state index in [0.717, 1.165) is 44.9 Å². The molecule has 51 heavy (non-hydrogen) atoms. The third kappa shape index (κ3) is 20.9. The molecule has 1 rings (SSSR count). The fourth-order valence-corrected chi connectivity index (χ4v) is 7.30. The molecule has 1 aliphatic rings. The van der Waals surface area contributed by atoms with Gasteiger partial charge in [0.05, 0.1) is 19.1 Å². The van der Waals surface area contributed by atoms with E-state index < -0.39 is 29.9 Å². The van der Waals surface area contributed by atoms with Crippen molar-refractivity contribution in [1.29, 1.82) is 0 Å². The molecule has 0 aromatic rings. The Labute approximate surface area is 312 Å². The first-order chi connectivity index (χ1) is 24.7. The van der Waals surface area contributed by atoms with Crippen molar-refractivity contribution < 1.29 is 38.4 Å². The fourth-order valence-electron chi connectivity index (χ4n) is 7.30. The minimum absolute atomic E-state index is 0.00759. The number of carbonyl (C=O) groups is 3. The van der Waals surface area contributed by atoms with Crippen molar-refractivity contribution in [2.75, 3.05) is 33.4 Å². The van der Waals surface area contributed by atoms with Gasteiger partial charge in [-0.1, -0.05) is 143 Å². The van der Waals surface area contributed by atoms with Gasteiger partial charge in [0, 0.05) is 44.9 Å². The maximum absolute atomic E-state index is 13.4. The minimum atomic E-state index is -1.70. The lowest BCUT2D eigenvalue weighted by Crippen LogP contribution is -2.56. The van der Waals surface area contributed by atoms with Crippen molar-refractivity contribution in [1.82, 2.24) is 4.90 Å². The number of carboxylic acid groups (broad SMARTS) is 1. The minimum Gasteiger partial charge on any atom is -0.478 e. The molecule has 0 aromatic carbocycles. The number of likely N-dealkylation sites (N-methyl/N-ethyl adjacent to an activating group) is 1. The van der Waals surface area contributed by atoms with Gasteiger partial charge in [0.2, 0.25) is 5.60 Å². The number of hydrogen-bond donors (Lipinski definition) is 1. The Balaban J connectivity index is 2.69. The molecule has 0 radical (unpaired) electrons. The van der Waals surface area contributed by atoms with Crippen molar-refractivity contribution in [3.8, 4) is 0 Å². The highest BCUT2D eigenvalue weighted by Gasteiger charge is 2.58. The van der Waals surface area contributed by atoms with E-state index in [0.29, 0.717) is 39.0 Å². The molecular formula is C42H79NO8. The van der Waals surface area contributed by atoms with Crippen LogP contribution in [0.5, 0.6) is 0 Å². The van der Waals surface area contributed by atoms with Gasteiger partial charge in [0.1, 0.15) is 0 Å². The van der Waals surface area contributed by atoms with Crippen LogP contribution in [0.25, 0.3) is 0 Å². The summed E-state index contributed by atoms with van der Waals surface area (Å²) in [6.45, 7) is 10.3. The van der Waals surface area contributed by atoms with E-state index in [-0.39, 0.29) is 31.3 Å². The second-order valence-electron chi connectivity index (χ2n) is 15.0. The Hall–Kier alpha value is -1.71. The van der Waals surface area contributed by atoms with E-state index in [9.17, 15) is 19.5 Å². The fraction of sp³-hybridized carbons (Fsp3) is 0.929. The van der Waals surface area contributed by atoms with Gasteiger partial charge in [-0.2, -0.15) is 0 Å². The molecule has 0 bridgehead atoms. The van der Waals surface area contributed by atoms with Gasteiger partial charge in [-0.05, 0) is 32.7 Å². The number of aliphatic carboxylic acids is 1. The van der Waals surface area contributed by atoms with Gasteiger partial charge in [0.15, 0.2) is 6.29 Å². The number of esters is 2. The lowest BCUT2D eigenvalue weighted by Gasteiger charge is -2.38. The van der Waals surface area contributed by atoms with Crippen LogP contribution in [-0.4, -0.2) is 79.3 Å². The average molecular weight is 726 g/mol. The molecule has 0 aliphatic carbocycles. The number of carbonyl (C=O) groups excluding carboxylic acids is 2. The first-order valence-electron chi connectivity index (χ1n) is 21.3. The van der Waals surface area contributed by atoms with Gasteiger partial charge in [0.25, 0.3) is 0 Å². The molecule has 9 nitrogen and oxygen atoms in total. The summed E-state index contributed by atoms with van der Waals surface area (Å²) in [5, 5.41) is 10.5. The normalized spacial score (nSPS) is 18.4. The van der Waals surface area contributed by atoms with E-state index in [1.54, 1.807) is 0 Å². The molecule has 1 fully saturated rings. The maximum atomic E-state index is 13.4. The quantitative estimate of drug-likeness (QED) is 0.0387. The van der Waals surface area contributed by atoms with Gasteiger partial charge in [-0.25, -0.2) is 4.79 Å². The molecule has 0 amide bonds. The summed E-state index contributed by atoms with van der Waals surface area (Å²) in [6, 6.07) is -0.604. The molecular weight excluding hydrogens is 646 g/mol. The number of ether oxygens (including phenoxy) is 4. The van der Waals surface area contributed by atoms with Gasteiger partial charge >= 0.3 is 17.9 Å². The summed E-state index contributed by atoms with van der Waals surface area (Å²) in [6.07, 6.45) is 25.4. The summed E-state index contributed by atoms with van der Waals surface area (Å²) in [5.41, 5.74) is -1.70. The summed E-state index contributed by atoms with van der Waals surface area (Å²) in [4.78, 5) is 40.8. The van der Waals surface area contributed by atoms with Crippen LogP contribution < -0.4 is 0 Å². The first-order valence-corrected chi connectivity index (χ1v) is 21.3. The van der Waals surface area contributed by atoms with Crippen LogP contribution in [0.1, 0.15) is 195 Å². The number of rotatable bonds is 35. The molecule has 9 heteroatoms. The highest BCUT2D eigenvalue weighted by molar-refractivity contribution is 5.83. The number of carboxylic acids is 1. The number of nitrogens with zero attached hydrogens (tertiary/aromatic N) is 1. The van der Waals surface area contributed by atoms with Crippen LogP contribution in [0.2, 0.25) is 0 Å². The Bertz CT molecular complexity index is 867. The molecule has 1 aliphatic heterocycles. The Morgan fingerprint density at radius 1 is 0.667 bits per heavy atom. The van der Waals surface area contributed by atoms with Crippen LogP contribution >= 0.6 is 0 Å². The predicted molar refractivity (Wildman–Crippen MR) is 206 cm³/mol. The lowest BCUT2D eigenvalue weighted by molar-refractivity contribution is -0.188. The SMILES string of the molecule is CCCCCCCCCCCC(=O)OCC(CC)C1N(C)CCC1(OC(=O)CCC(OCCCCCCCC)OCCCCCCCC)C(=O)O. The third-order valence-corrected chi connectivity index (χ3v) is 10.5. The zero-order valence-electron chi connectivity index (χ0n) is 33.7. The highest BCUT2D eigenvalue weighted by Crippen LogP contribution is 2.38. The van der Waals surface area contributed by atoms with Crippen molar-refractivity contribution in [3.05, 3.63) is 0 Å². The largest absolute Gasteiger partial charge is 0.478 e. The van der Waals surface area contributed by atoms with Crippen molar-refractivity contribution in [2.45, 2.75) is 213 Å². The van der Waals surface area contributed by atoms with Gasteiger partial charge in [-0.15, -0.1) is 0 Å². The lowest BCUT2D eigenvalue weighted by atomic mass is 9.83. The molecule has 3 atom stereocenters. The van der Waals surface area contributed by atoms with Crippen molar-refractivity contribution in [2.24, 2.45) is 5.92 Å². The van der Waals surface area contributed by atoms with E-state index in [2.05, 4.69) is 20.8 Å². The van der Waals surface area contributed by atoms with Crippen molar-refractivity contribution in [3.63, 3.8) is 0 Å². The van der Waals surface area contributed by atoms with Crippen LogP contribution in [0.15, 0.2) is 0 Å². The monoisotopic (exact) mass is 726 g/mol. The van der Waals surface area contributed by atoms with E-state index in [1.165, 1.54) is 89.9 Å². The van der Waals surface area contributed by atoms with E-state index in [1.807, 2.05) is 18.9 Å². The van der Waals surface area contributed by atoms with Gasteiger partial charge < -0.3 is 24.1 Å². The smallest absolute Gasteiger partial charge is 0.349 e. The second-order valence-corrected chi connectivity index (χ2v) is 15.0. The summed E-state index contributed by atoms with van der Waals surface area (Å²) in [5.74, 6) is -2.25. The Kier molecular flexibility index (Phi) is 28.5. The second kappa shape index (κ2) is 30.7. The van der Waals surface area contributed by atoms with Crippen LogP contribution in [0.3, 0.4) is 0 Å². The maximum Gasteiger partial charge on any atom is 0.349 e. The van der Waals surface area contributed by atoms with E-state index >= 15 is 0 Å². The number of unbranched alkanes of at least 4 members (excludes halogenated alkanes) is 18. The molecule has 1 heterocycles.